The van der Waals surface area contributed by atoms with Crippen LogP contribution in [0, 0.1) is 5.92 Å². The molecule has 2 aromatic rings. The SMILES string of the molecule is CCNC(=NCC1CC(=O)N(CCc2ccccc2)C1)NCCCc1ccccc1Cl.I. The molecule has 2 N–H and O–H groups in total. The van der Waals surface area contributed by atoms with E-state index in [4.69, 9.17) is 16.6 Å². The number of amides is 1. The molecule has 1 fully saturated rings. The zero-order chi connectivity index (χ0) is 21.9. The highest BCUT2D eigenvalue weighted by atomic mass is 127. The van der Waals surface area contributed by atoms with Crippen molar-refractivity contribution < 1.29 is 4.79 Å². The van der Waals surface area contributed by atoms with E-state index in [2.05, 4.69) is 35.8 Å². The van der Waals surface area contributed by atoms with Gasteiger partial charge in [-0.2, -0.15) is 0 Å². The van der Waals surface area contributed by atoms with E-state index < -0.39 is 0 Å². The van der Waals surface area contributed by atoms with Gasteiger partial charge in [-0.05, 0) is 43.4 Å². The fourth-order valence-corrected chi connectivity index (χ4v) is 4.08. The summed E-state index contributed by atoms with van der Waals surface area (Å²) in [5.41, 5.74) is 2.44. The number of nitrogens with one attached hydrogen (secondary N) is 2. The molecule has 0 radical (unpaired) electrons. The summed E-state index contributed by atoms with van der Waals surface area (Å²) in [7, 11) is 0. The number of nitrogens with zero attached hydrogens (tertiary/aromatic N) is 2. The molecule has 1 aliphatic heterocycles. The molecule has 7 heteroatoms. The Morgan fingerprint density at radius 3 is 2.59 bits per heavy atom. The van der Waals surface area contributed by atoms with E-state index >= 15 is 0 Å². The van der Waals surface area contributed by atoms with Gasteiger partial charge in [0.15, 0.2) is 5.96 Å². The maximum absolute atomic E-state index is 12.4. The number of aryl methyl sites for hydroxylation is 1. The van der Waals surface area contributed by atoms with Gasteiger partial charge in [-0.25, -0.2) is 0 Å². The molecule has 1 unspecified atom stereocenters. The number of aliphatic imine (C=N–C) groups is 1. The van der Waals surface area contributed by atoms with Gasteiger partial charge in [-0.1, -0.05) is 60.1 Å². The van der Waals surface area contributed by atoms with Crippen LogP contribution in [-0.4, -0.2) is 49.5 Å². The fourth-order valence-electron chi connectivity index (χ4n) is 3.85. The molecule has 3 rings (SSSR count). The average Bonchev–Trinajstić information content (AvgIpc) is 3.14. The topological polar surface area (TPSA) is 56.7 Å². The Kier molecular flexibility index (Phi) is 11.9. The van der Waals surface area contributed by atoms with E-state index in [-0.39, 0.29) is 35.8 Å². The van der Waals surface area contributed by atoms with E-state index in [9.17, 15) is 4.79 Å². The predicted molar refractivity (Wildman–Crippen MR) is 144 cm³/mol. The second kappa shape index (κ2) is 14.4. The average molecular weight is 569 g/mol. The molecule has 1 heterocycles. The zero-order valence-electron chi connectivity index (χ0n) is 18.7. The van der Waals surface area contributed by atoms with Crippen LogP contribution in [0.4, 0.5) is 0 Å². The molecular weight excluding hydrogens is 535 g/mol. The number of hydrogen-bond acceptors (Lipinski definition) is 2. The highest BCUT2D eigenvalue weighted by Gasteiger charge is 2.28. The van der Waals surface area contributed by atoms with Crippen molar-refractivity contribution in [2.75, 3.05) is 32.7 Å². The lowest BCUT2D eigenvalue weighted by Crippen LogP contribution is -2.38. The van der Waals surface area contributed by atoms with Gasteiger partial charge in [0.05, 0.1) is 0 Å². The van der Waals surface area contributed by atoms with E-state index in [1.54, 1.807) is 0 Å². The molecule has 1 atom stereocenters. The summed E-state index contributed by atoms with van der Waals surface area (Å²) in [6, 6.07) is 18.3. The lowest BCUT2D eigenvalue weighted by Gasteiger charge is -2.16. The van der Waals surface area contributed by atoms with Crippen molar-refractivity contribution in [1.29, 1.82) is 0 Å². The number of halogens is 2. The molecule has 0 bridgehead atoms. The molecule has 0 saturated carbocycles. The van der Waals surface area contributed by atoms with Gasteiger partial charge in [0.2, 0.25) is 5.91 Å². The molecule has 1 amide bonds. The fraction of sp³-hybridized carbons (Fsp3) is 0.440. The first kappa shape index (κ1) is 26.5. The van der Waals surface area contributed by atoms with Gasteiger partial charge in [0.25, 0.3) is 0 Å². The molecule has 1 saturated heterocycles. The smallest absolute Gasteiger partial charge is 0.223 e. The molecule has 0 spiro atoms. The van der Waals surface area contributed by atoms with Crippen LogP contribution < -0.4 is 10.6 Å². The van der Waals surface area contributed by atoms with E-state index in [0.29, 0.717) is 13.0 Å². The summed E-state index contributed by atoms with van der Waals surface area (Å²) in [6.45, 7) is 5.93. The normalized spacial score (nSPS) is 16.1. The van der Waals surface area contributed by atoms with Crippen LogP contribution in [0.1, 0.15) is 30.9 Å². The number of carbonyl (C=O) groups is 1. The zero-order valence-corrected chi connectivity index (χ0v) is 21.8. The summed E-state index contributed by atoms with van der Waals surface area (Å²) >= 11 is 6.23. The first-order valence-corrected chi connectivity index (χ1v) is 11.6. The van der Waals surface area contributed by atoms with Gasteiger partial charge in [0.1, 0.15) is 0 Å². The quantitative estimate of drug-likeness (QED) is 0.192. The van der Waals surface area contributed by atoms with Gasteiger partial charge in [-0.15, -0.1) is 24.0 Å². The number of carbonyl (C=O) groups excluding carboxylic acids is 1. The third-order valence-corrected chi connectivity index (χ3v) is 5.90. The van der Waals surface area contributed by atoms with Crippen molar-refractivity contribution in [3.63, 3.8) is 0 Å². The minimum absolute atomic E-state index is 0. The number of hydrogen-bond donors (Lipinski definition) is 2. The van der Waals surface area contributed by atoms with Crippen LogP contribution in [0.25, 0.3) is 0 Å². The second-order valence-electron chi connectivity index (χ2n) is 7.99. The first-order chi connectivity index (χ1) is 15.2. The largest absolute Gasteiger partial charge is 0.357 e. The number of guanidine groups is 1. The lowest BCUT2D eigenvalue weighted by molar-refractivity contribution is -0.127. The third-order valence-electron chi connectivity index (χ3n) is 5.53. The van der Waals surface area contributed by atoms with Crippen LogP contribution in [-0.2, 0) is 17.6 Å². The highest BCUT2D eigenvalue weighted by molar-refractivity contribution is 14.0. The maximum Gasteiger partial charge on any atom is 0.223 e. The molecule has 0 aromatic heterocycles. The van der Waals surface area contributed by atoms with Gasteiger partial charge in [-0.3, -0.25) is 9.79 Å². The Labute approximate surface area is 214 Å². The van der Waals surface area contributed by atoms with E-state index in [1.165, 1.54) is 11.1 Å². The van der Waals surface area contributed by atoms with Crippen LogP contribution in [0.2, 0.25) is 5.02 Å². The lowest BCUT2D eigenvalue weighted by atomic mass is 10.1. The van der Waals surface area contributed by atoms with Crippen LogP contribution in [0.3, 0.4) is 0 Å². The molecular formula is C25H34ClIN4O. The van der Waals surface area contributed by atoms with Crippen LogP contribution >= 0.6 is 35.6 Å². The third kappa shape index (κ3) is 8.62. The van der Waals surface area contributed by atoms with Gasteiger partial charge < -0.3 is 15.5 Å². The summed E-state index contributed by atoms with van der Waals surface area (Å²) < 4.78 is 0. The van der Waals surface area contributed by atoms with Crippen molar-refractivity contribution in [2.45, 2.75) is 32.6 Å². The highest BCUT2D eigenvalue weighted by Crippen LogP contribution is 2.19. The van der Waals surface area contributed by atoms with Crippen LogP contribution in [0.15, 0.2) is 59.6 Å². The number of rotatable bonds is 10. The Morgan fingerprint density at radius 2 is 1.84 bits per heavy atom. The molecule has 32 heavy (non-hydrogen) atoms. The second-order valence-corrected chi connectivity index (χ2v) is 8.39. The summed E-state index contributed by atoms with van der Waals surface area (Å²) in [4.78, 5) is 19.1. The number of likely N-dealkylation sites (tertiary alicyclic amines) is 1. The molecule has 1 aliphatic rings. The standard InChI is InChI=1S/C25H33ClN4O.HI/c1-2-27-25(28-15-8-12-22-11-6-7-13-23(22)26)29-18-21-17-24(31)30(19-21)16-14-20-9-4-3-5-10-20;/h3-7,9-11,13,21H,2,8,12,14-19H2,1H3,(H2,27,28,29);1H. The first-order valence-electron chi connectivity index (χ1n) is 11.2. The van der Waals surface area contributed by atoms with E-state index in [0.717, 1.165) is 56.4 Å². The Hall–Kier alpha value is -1.80. The molecule has 0 aliphatic carbocycles. The molecule has 5 nitrogen and oxygen atoms in total. The predicted octanol–water partition coefficient (Wildman–Crippen LogP) is 4.54. The molecule has 174 valence electrons. The van der Waals surface area contributed by atoms with Crippen molar-refractivity contribution in [3.8, 4) is 0 Å². The Bertz CT molecular complexity index is 862. The van der Waals surface area contributed by atoms with Crippen molar-refractivity contribution >= 4 is 47.4 Å². The molecule has 2 aromatic carbocycles. The minimum atomic E-state index is 0. The summed E-state index contributed by atoms with van der Waals surface area (Å²) in [6.07, 6.45) is 3.39. The Balaban J connectivity index is 0.00000363. The van der Waals surface area contributed by atoms with E-state index in [1.807, 2.05) is 41.3 Å². The van der Waals surface area contributed by atoms with Crippen molar-refractivity contribution in [2.24, 2.45) is 10.9 Å². The summed E-state index contributed by atoms with van der Waals surface area (Å²) in [5.74, 6) is 1.34. The van der Waals surface area contributed by atoms with Gasteiger partial charge >= 0.3 is 0 Å². The van der Waals surface area contributed by atoms with Crippen LogP contribution in [0.5, 0.6) is 0 Å². The van der Waals surface area contributed by atoms with Gasteiger partial charge in [0, 0.05) is 50.1 Å². The monoisotopic (exact) mass is 568 g/mol. The Morgan fingerprint density at radius 1 is 1.09 bits per heavy atom. The number of benzene rings is 2. The van der Waals surface area contributed by atoms with Crippen molar-refractivity contribution in [1.82, 2.24) is 15.5 Å². The minimum Gasteiger partial charge on any atom is -0.357 e. The van der Waals surface area contributed by atoms with Crippen molar-refractivity contribution in [3.05, 3.63) is 70.7 Å². The summed E-state index contributed by atoms with van der Waals surface area (Å²) in [5, 5.41) is 7.53. The maximum atomic E-state index is 12.4.